The van der Waals surface area contributed by atoms with Crippen LogP contribution in [0.25, 0.3) is 0 Å². The van der Waals surface area contributed by atoms with Gasteiger partial charge in [-0.3, -0.25) is 24.1 Å². The molecule has 0 bridgehead atoms. The zero-order chi connectivity index (χ0) is 19.2. The number of benzene rings is 1. The Labute approximate surface area is 159 Å². The van der Waals surface area contributed by atoms with Crippen LogP contribution in [-0.4, -0.2) is 48.3 Å². The van der Waals surface area contributed by atoms with Crippen LogP contribution < -0.4 is 5.32 Å². The average Bonchev–Trinajstić information content (AvgIpc) is 3.29. The van der Waals surface area contributed by atoms with Gasteiger partial charge < -0.3 is 10.1 Å². The second-order valence-corrected chi connectivity index (χ2v) is 6.68. The minimum Gasteiger partial charge on any atom is -0.464 e. The lowest BCUT2D eigenvalue weighted by Gasteiger charge is -2.13. The van der Waals surface area contributed by atoms with Gasteiger partial charge in [0.2, 0.25) is 0 Å². The Kier molecular flexibility index (Phi) is 5.97. The molecule has 1 N–H and O–H groups in total. The Morgan fingerprint density at radius 1 is 1.07 bits per heavy atom. The van der Waals surface area contributed by atoms with Crippen molar-refractivity contribution >= 4 is 35.0 Å². The summed E-state index contributed by atoms with van der Waals surface area (Å²) in [5.41, 5.74) is 1.34. The van der Waals surface area contributed by atoms with Crippen LogP contribution in [0.4, 0.5) is 0 Å². The fourth-order valence-corrected chi connectivity index (χ4v) is 3.33. The highest BCUT2D eigenvalue weighted by Gasteiger charge is 2.34. The number of carbonyl (C=O) groups excluding carboxylic acids is 4. The van der Waals surface area contributed by atoms with E-state index >= 15 is 0 Å². The number of amides is 3. The smallest absolute Gasteiger partial charge is 0.305 e. The number of hydrogen-bond donors (Lipinski definition) is 1. The van der Waals surface area contributed by atoms with Crippen molar-refractivity contribution in [2.75, 3.05) is 19.7 Å². The fraction of sp³-hybridized carbons (Fsp3) is 0.263. The summed E-state index contributed by atoms with van der Waals surface area (Å²) in [6, 6.07) is 8.33. The molecular weight excluding hydrogens is 368 g/mol. The molecule has 2 heterocycles. The van der Waals surface area contributed by atoms with Crippen molar-refractivity contribution in [3.05, 3.63) is 57.8 Å². The second-order valence-electron chi connectivity index (χ2n) is 5.90. The Morgan fingerprint density at radius 3 is 2.41 bits per heavy atom. The Hall–Kier alpha value is -3.00. The monoisotopic (exact) mass is 386 g/mol. The number of thiophene rings is 1. The average molecular weight is 386 g/mol. The van der Waals surface area contributed by atoms with Crippen LogP contribution in [0.5, 0.6) is 0 Å². The first-order valence-corrected chi connectivity index (χ1v) is 9.43. The van der Waals surface area contributed by atoms with E-state index in [4.69, 9.17) is 4.74 Å². The summed E-state index contributed by atoms with van der Waals surface area (Å²) >= 11 is 1.44. The standard InChI is InChI=1S/C19H18N2O5S/c22-16(6-3-8-20-17(23)13-7-11-27-12-13)26-10-9-21-18(24)14-4-1-2-5-15(14)19(21)25/h1-2,4-5,7,11-12H,3,6,8-10H2,(H,20,23). The van der Waals surface area contributed by atoms with Crippen molar-refractivity contribution < 1.29 is 23.9 Å². The number of rotatable bonds is 8. The van der Waals surface area contributed by atoms with Gasteiger partial charge in [-0.05, 0) is 30.0 Å². The van der Waals surface area contributed by atoms with Crippen LogP contribution in [0.3, 0.4) is 0 Å². The van der Waals surface area contributed by atoms with E-state index in [1.54, 1.807) is 35.7 Å². The number of carbonyl (C=O) groups is 4. The molecule has 1 aliphatic rings. The summed E-state index contributed by atoms with van der Waals surface area (Å²) in [6.45, 7) is 0.334. The molecule has 0 fully saturated rings. The van der Waals surface area contributed by atoms with Crippen molar-refractivity contribution in [1.82, 2.24) is 10.2 Å². The van der Waals surface area contributed by atoms with Crippen LogP contribution in [0.2, 0.25) is 0 Å². The molecule has 0 saturated carbocycles. The van der Waals surface area contributed by atoms with Crippen molar-refractivity contribution in [3.8, 4) is 0 Å². The van der Waals surface area contributed by atoms with E-state index in [0.29, 0.717) is 29.7 Å². The van der Waals surface area contributed by atoms with Crippen molar-refractivity contribution in [2.45, 2.75) is 12.8 Å². The highest BCUT2D eigenvalue weighted by atomic mass is 32.1. The molecule has 1 aromatic carbocycles. The fourth-order valence-electron chi connectivity index (χ4n) is 2.70. The number of nitrogens with zero attached hydrogens (tertiary/aromatic N) is 1. The first kappa shape index (κ1) is 18.8. The molecule has 3 rings (SSSR count). The van der Waals surface area contributed by atoms with Crippen molar-refractivity contribution in [2.24, 2.45) is 0 Å². The zero-order valence-corrected chi connectivity index (χ0v) is 15.3. The van der Waals surface area contributed by atoms with Gasteiger partial charge in [-0.2, -0.15) is 11.3 Å². The summed E-state index contributed by atoms with van der Waals surface area (Å²) in [5, 5.41) is 6.30. The predicted octanol–water partition coefficient (Wildman–Crippen LogP) is 2.10. The minimum atomic E-state index is -0.434. The molecule has 0 unspecified atom stereocenters. The topological polar surface area (TPSA) is 92.8 Å². The molecule has 1 aromatic heterocycles. The lowest BCUT2D eigenvalue weighted by atomic mass is 10.1. The molecular formula is C19H18N2O5S. The third-order valence-corrected chi connectivity index (χ3v) is 4.77. The van der Waals surface area contributed by atoms with Crippen LogP contribution >= 0.6 is 11.3 Å². The third-order valence-electron chi connectivity index (χ3n) is 4.08. The van der Waals surface area contributed by atoms with Gasteiger partial charge in [-0.1, -0.05) is 12.1 Å². The highest BCUT2D eigenvalue weighted by molar-refractivity contribution is 7.08. The maximum atomic E-state index is 12.2. The van der Waals surface area contributed by atoms with E-state index in [0.717, 1.165) is 4.90 Å². The summed E-state index contributed by atoms with van der Waals surface area (Å²) in [4.78, 5) is 48.9. The SMILES string of the molecule is O=C(CCCNC(=O)c1ccsc1)OCCN1C(=O)c2ccccc2C1=O. The van der Waals surface area contributed by atoms with Crippen molar-refractivity contribution in [1.29, 1.82) is 0 Å². The molecule has 0 spiro atoms. The number of nitrogens with one attached hydrogen (secondary N) is 1. The second kappa shape index (κ2) is 8.59. The van der Waals surface area contributed by atoms with Crippen LogP contribution in [0.1, 0.15) is 43.9 Å². The Bertz CT molecular complexity index is 828. The third kappa shape index (κ3) is 4.40. The van der Waals surface area contributed by atoms with Gasteiger partial charge in [-0.25, -0.2) is 0 Å². The van der Waals surface area contributed by atoms with Gasteiger partial charge in [0.15, 0.2) is 0 Å². The summed E-state index contributed by atoms with van der Waals surface area (Å²) in [7, 11) is 0. The Balaban J connectivity index is 1.34. The van der Waals surface area contributed by atoms with Gasteiger partial charge in [0, 0.05) is 23.9 Å². The van der Waals surface area contributed by atoms with E-state index in [-0.39, 0.29) is 37.3 Å². The lowest BCUT2D eigenvalue weighted by molar-refractivity contribution is -0.143. The molecule has 7 nitrogen and oxygen atoms in total. The molecule has 27 heavy (non-hydrogen) atoms. The lowest BCUT2D eigenvalue weighted by Crippen LogP contribution is -2.33. The number of fused-ring (bicyclic) bond motifs is 1. The number of imide groups is 1. The first-order chi connectivity index (χ1) is 13.1. The molecule has 2 aromatic rings. The summed E-state index contributed by atoms with van der Waals surface area (Å²) < 4.78 is 5.08. The van der Waals surface area contributed by atoms with E-state index in [9.17, 15) is 19.2 Å². The highest BCUT2D eigenvalue weighted by Crippen LogP contribution is 2.21. The largest absolute Gasteiger partial charge is 0.464 e. The molecule has 0 atom stereocenters. The predicted molar refractivity (Wildman–Crippen MR) is 98.7 cm³/mol. The van der Waals surface area contributed by atoms with Gasteiger partial charge in [0.1, 0.15) is 6.61 Å². The first-order valence-electron chi connectivity index (χ1n) is 8.49. The molecule has 3 amide bonds. The van der Waals surface area contributed by atoms with Gasteiger partial charge in [-0.15, -0.1) is 0 Å². The van der Waals surface area contributed by atoms with Crippen molar-refractivity contribution in [3.63, 3.8) is 0 Å². The van der Waals surface area contributed by atoms with Gasteiger partial charge >= 0.3 is 5.97 Å². The zero-order valence-electron chi connectivity index (χ0n) is 14.5. The molecule has 1 aliphatic heterocycles. The van der Waals surface area contributed by atoms with E-state index in [1.165, 1.54) is 11.3 Å². The molecule has 140 valence electrons. The molecule has 0 radical (unpaired) electrons. The van der Waals surface area contributed by atoms with E-state index in [2.05, 4.69) is 5.32 Å². The number of esters is 1. The van der Waals surface area contributed by atoms with Crippen LogP contribution in [0.15, 0.2) is 41.1 Å². The molecule has 0 aliphatic carbocycles. The maximum Gasteiger partial charge on any atom is 0.305 e. The van der Waals surface area contributed by atoms with Gasteiger partial charge in [0.25, 0.3) is 17.7 Å². The van der Waals surface area contributed by atoms with Crippen LogP contribution in [0, 0.1) is 0 Å². The Morgan fingerprint density at radius 2 is 1.78 bits per heavy atom. The normalized spacial score (nSPS) is 12.8. The van der Waals surface area contributed by atoms with E-state index in [1.807, 2.05) is 5.38 Å². The summed E-state index contributed by atoms with van der Waals surface area (Å²) in [6.07, 6.45) is 0.591. The molecule has 8 heteroatoms. The number of ether oxygens (including phenoxy) is 1. The van der Waals surface area contributed by atoms with E-state index < -0.39 is 5.97 Å². The molecule has 0 saturated heterocycles. The summed E-state index contributed by atoms with van der Waals surface area (Å²) in [5.74, 6) is -1.35. The minimum absolute atomic E-state index is 0.0208. The van der Waals surface area contributed by atoms with Gasteiger partial charge in [0.05, 0.1) is 17.7 Å². The maximum absolute atomic E-state index is 12.2. The quantitative estimate of drug-likeness (QED) is 0.426. The van der Waals surface area contributed by atoms with Crippen LogP contribution in [-0.2, 0) is 9.53 Å². The number of hydrogen-bond acceptors (Lipinski definition) is 6.